The van der Waals surface area contributed by atoms with Gasteiger partial charge in [0.25, 0.3) is 0 Å². The summed E-state index contributed by atoms with van der Waals surface area (Å²) >= 11 is 0. The molecule has 0 atom stereocenters. The Hall–Kier alpha value is -1.62. The van der Waals surface area contributed by atoms with Crippen LogP contribution in [0.25, 0.3) is 0 Å². The normalized spacial score (nSPS) is 11.1. The lowest BCUT2D eigenvalue weighted by Crippen LogP contribution is -2.50. The van der Waals surface area contributed by atoms with Gasteiger partial charge in [0.1, 0.15) is 5.82 Å². The molecule has 4 nitrogen and oxygen atoms in total. The molecule has 1 rings (SSSR count). The summed E-state index contributed by atoms with van der Waals surface area (Å²) in [7, 11) is 0. The summed E-state index contributed by atoms with van der Waals surface area (Å²) in [5.41, 5.74) is 6.24. The highest BCUT2D eigenvalue weighted by atomic mass is 19.1. The Bertz CT molecular complexity index is 388. The molecule has 0 saturated carbocycles. The van der Waals surface area contributed by atoms with Gasteiger partial charge in [-0.15, -0.1) is 0 Å². The zero-order valence-electron chi connectivity index (χ0n) is 10.8. The number of benzene rings is 1. The molecule has 0 aromatic heterocycles. The Kier molecular flexibility index (Phi) is 5.09. The van der Waals surface area contributed by atoms with E-state index in [1.165, 1.54) is 24.3 Å². The molecule has 0 spiro atoms. The van der Waals surface area contributed by atoms with E-state index in [-0.39, 0.29) is 17.4 Å². The van der Waals surface area contributed by atoms with Crippen LogP contribution in [0, 0.1) is 5.82 Å². The second-order valence-corrected chi connectivity index (χ2v) is 4.38. The number of nitrogens with two attached hydrogens (primary N) is 1. The van der Waals surface area contributed by atoms with Crippen LogP contribution < -0.4 is 16.4 Å². The molecule has 0 aliphatic rings. The van der Waals surface area contributed by atoms with Gasteiger partial charge in [-0.3, -0.25) is 0 Å². The molecule has 0 saturated heterocycles. The summed E-state index contributed by atoms with van der Waals surface area (Å²) in [5.74, 6) is -0.334. The molecule has 100 valence electrons. The molecule has 1 aromatic carbocycles. The minimum atomic E-state index is -0.375. The van der Waals surface area contributed by atoms with Crippen LogP contribution >= 0.6 is 0 Å². The standard InChI is InChI=1S/C13H20FN3O/c1-3-13(15,4-2)9-16-12(18)17-11-7-5-10(14)6-8-11/h5-8H,3-4,9,15H2,1-2H3,(H2,16,17,18). The third-order valence-electron chi connectivity index (χ3n) is 3.11. The van der Waals surface area contributed by atoms with Gasteiger partial charge in [-0.25, -0.2) is 9.18 Å². The Morgan fingerprint density at radius 1 is 1.28 bits per heavy atom. The van der Waals surface area contributed by atoms with Crippen LogP contribution in [0.1, 0.15) is 26.7 Å². The van der Waals surface area contributed by atoms with E-state index in [2.05, 4.69) is 10.6 Å². The second kappa shape index (κ2) is 6.35. The van der Waals surface area contributed by atoms with Gasteiger partial charge in [-0.05, 0) is 37.1 Å². The maximum Gasteiger partial charge on any atom is 0.319 e. The fourth-order valence-electron chi connectivity index (χ4n) is 1.46. The number of nitrogens with one attached hydrogen (secondary N) is 2. The van der Waals surface area contributed by atoms with Crippen molar-refractivity contribution in [1.29, 1.82) is 0 Å². The van der Waals surface area contributed by atoms with Crippen molar-refractivity contribution in [2.75, 3.05) is 11.9 Å². The number of amides is 2. The van der Waals surface area contributed by atoms with Crippen molar-refractivity contribution < 1.29 is 9.18 Å². The number of halogens is 1. The summed E-state index contributed by atoms with van der Waals surface area (Å²) in [6.07, 6.45) is 1.58. The van der Waals surface area contributed by atoms with Crippen LogP contribution in [0.5, 0.6) is 0 Å². The fraction of sp³-hybridized carbons (Fsp3) is 0.462. The Balaban J connectivity index is 2.45. The average molecular weight is 253 g/mol. The number of rotatable bonds is 5. The monoisotopic (exact) mass is 253 g/mol. The number of carbonyl (C=O) groups excluding carboxylic acids is 1. The molecule has 18 heavy (non-hydrogen) atoms. The van der Waals surface area contributed by atoms with E-state index in [9.17, 15) is 9.18 Å². The third-order valence-corrected chi connectivity index (χ3v) is 3.11. The van der Waals surface area contributed by atoms with Gasteiger partial charge in [0.05, 0.1) is 0 Å². The molecule has 1 aromatic rings. The number of hydrogen-bond acceptors (Lipinski definition) is 2. The topological polar surface area (TPSA) is 67.1 Å². The van der Waals surface area contributed by atoms with Crippen molar-refractivity contribution >= 4 is 11.7 Å². The molecular weight excluding hydrogens is 233 g/mol. The van der Waals surface area contributed by atoms with Crippen LogP contribution in [0.4, 0.5) is 14.9 Å². The van der Waals surface area contributed by atoms with Gasteiger partial charge in [0, 0.05) is 17.8 Å². The number of anilines is 1. The first-order valence-electron chi connectivity index (χ1n) is 6.08. The van der Waals surface area contributed by atoms with Crippen LogP contribution in [-0.4, -0.2) is 18.1 Å². The van der Waals surface area contributed by atoms with Crippen molar-refractivity contribution in [1.82, 2.24) is 5.32 Å². The lowest BCUT2D eigenvalue weighted by molar-refractivity contribution is 0.247. The van der Waals surface area contributed by atoms with Crippen molar-refractivity contribution in [3.05, 3.63) is 30.1 Å². The summed E-state index contributed by atoms with van der Waals surface area (Å²) in [5, 5.41) is 5.34. The predicted octanol–water partition coefficient (Wildman–Crippen LogP) is 2.46. The maximum atomic E-state index is 12.7. The highest BCUT2D eigenvalue weighted by molar-refractivity contribution is 5.89. The first kappa shape index (κ1) is 14.4. The lowest BCUT2D eigenvalue weighted by Gasteiger charge is -2.26. The van der Waals surface area contributed by atoms with E-state index in [0.29, 0.717) is 12.2 Å². The van der Waals surface area contributed by atoms with Crippen LogP contribution in [0.3, 0.4) is 0 Å². The maximum absolute atomic E-state index is 12.7. The molecule has 0 bridgehead atoms. The second-order valence-electron chi connectivity index (χ2n) is 4.38. The zero-order chi connectivity index (χ0) is 13.6. The van der Waals surface area contributed by atoms with Crippen LogP contribution in [0.2, 0.25) is 0 Å². The van der Waals surface area contributed by atoms with Gasteiger partial charge in [0.2, 0.25) is 0 Å². The first-order valence-corrected chi connectivity index (χ1v) is 6.08. The molecule has 0 aliphatic carbocycles. The van der Waals surface area contributed by atoms with Crippen molar-refractivity contribution in [3.63, 3.8) is 0 Å². The minimum Gasteiger partial charge on any atom is -0.336 e. The molecule has 0 radical (unpaired) electrons. The van der Waals surface area contributed by atoms with E-state index in [1.54, 1.807) is 0 Å². The average Bonchev–Trinajstić information content (AvgIpc) is 2.39. The quantitative estimate of drug-likeness (QED) is 0.754. The highest BCUT2D eigenvalue weighted by Crippen LogP contribution is 2.10. The SMILES string of the molecule is CCC(N)(CC)CNC(=O)Nc1ccc(F)cc1. The number of hydrogen-bond donors (Lipinski definition) is 3. The summed E-state index contributed by atoms with van der Waals surface area (Å²) in [4.78, 5) is 11.6. The molecule has 0 aliphatic heterocycles. The van der Waals surface area contributed by atoms with E-state index < -0.39 is 0 Å². The van der Waals surface area contributed by atoms with Crippen molar-refractivity contribution in [2.45, 2.75) is 32.2 Å². The lowest BCUT2D eigenvalue weighted by atomic mass is 9.94. The van der Waals surface area contributed by atoms with E-state index >= 15 is 0 Å². The molecular formula is C13H20FN3O. The van der Waals surface area contributed by atoms with Crippen molar-refractivity contribution in [3.8, 4) is 0 Å². The van der Waals surface area contributed by atoms with Crippen LogP contribution in [0.15, 0.2) is 24.3 Å². The highest BCUT2D eigenvalue weighted by Gasteiger charge is 2.20. The first-order chi connectivity index (χ1) is 8.49. The summed E-state index contributed by atoms with van der Waals surface area (Å²) in [6, 6.07) is 5.26. The Morgan fingerprint density at radius 2 is 1.83 bits per heavy atom. The zero-order valence-corrected chi connectivity index (χ0v) is 10.8. The van der Waals surface area contributed by atoms with Gasteiger partial charge >= 0.3 is 6.03 Å². The molecule has 2 amide bonds. The summed E-state index contributed by atoms with van der Waals surface area (Å²) in [6.45, 7) is 4.39. The van der Waals surface area contributed by atoms with Gasteiger partial charge in [-0.2, -0.15) is 0 Å². The number of carbonyl (C=O) groups is 1. The smallest absolute Gasteiger partial charge is 0.319 e. The van der Waals surface area contributed by atoms with Crippen molar-refractivity contribution in [2.24, 2.45) is 5.73 Å². The van der Waals surface area contributed by atoms with E-state index in [1.807, 2.05) is 13.8 Å². The molecule has 0 heterocycles. The Labute approximate surface area is 107 Å². The Morgan fingerprint density at radius 3 is 2.33 bits per heavy atom. The van der Waals surface area contributed by atoms with Gasteiger partial charge in [-0.1, -0.05) is 13.8 Å². The molecule has 4 N–H and O–H groups in total. The van der Waals surface area contributed by atoms with E-state index in [0.717, 1.165) is 12.8 Å². The molecule has 0 unspecified atom stereocenters. The third kappa shape index (κ3) is 4.33. The summed E-state index contributed by atoms with van der Waals surface area (Å²) < 4.78 is 12.7. The number of urea groups is 1. The van der Waals surface area contributed by atoms with Gasteiger partial charge in [0.15, 0.2) is 0 Å². The molecule has 5 heteroatoms. The predicted molar refractivity (Wildman–Crippen MR) is 70.9 cm³/mol. The largest absolute Gasteiger partial charge is 0.336 e. The fourth-order valence-corrected chi connectivity index (χ4v) is 1.46. The van der Waals surface area contributed by atoms with Crippen LogP contribution in [-0.2, 0) is 0 Å². The van der Waals surface area contributed by atoms with E-state index in [4.69, 9.17) is 5.73 Å². The van der Waals surface area contributed by atoms with Gasteiger partial charge < -0.3 is 16.4 Å². The minimum absolute atomic E-state index is 0.334. The molecule has 0 fully saturated rings.